The third-order valence-electron chi connectivity index (χ3n) is 11.6. The molecule has 0 radical (unpaired) electrons. The van der Waals surface area contributed by atoms with Gasteiger partial charge in [-0.1, -0.05) is 140 Å². The number of para-hydroxylation sites is 2. The summed E-state index contributed by atoms with van der Waals surface area (Å²) in [5.41, 5.74) is 16.8. The molecular weight excluding hydrogens is 703 g/mol. The molecule has 0 unspecified atom stereocenters. The Kier molecular flexibility index (Phi) is 7.88. The SMILES string of the molecule is N#Cc1ccc(-c2cc(-c3ccccc3)ccc2-n2c3ccccc3c3cc(-c4ccc5c(c4)c4c(-c6ccccc6)cccc4n5-c4ccccc4)ccc32)cc1. The third kappa shape index (κ3) is 5.43. The molecule has 0 amide bonds. The van der Waals surface area contributed by atoms with Gasteiger partial charge in [0, 0.05) is 32.8 Å². The van der Waals surface area contributed by atoms with Crippen LogP contribution in [-0.2, 0) is 0 Å². The van der Waals surface area contributed by atoms with E-state index in [9.17, 15) is 5.26 Å². The van der Waals surface area contributed by atoms with E-state index in [2.05, 4.69) is 215 Å². The lowest BCUT2D eigenvalue weighted by Gasteiger charge is -2.16. The zero-order valence-corrected chi connectivity index (χ0v) is 31.5. The fraction of sp³-hybridized carbons (Fsp3) is 0. The van der Waals surface area contributed by atoms with Crippen LogP contribution in [-0.4, -0.2) is 9.13 Å². The molecule has 0 saturated heterocycles. The number of hydrogen-bond acceptors (Lipinski definition) is 1. The Bertz CT molecular complexity index is 3370. The molecule has 270 valence electrons. The maximum Gasteiger partial charge on any atom is 0.0991 e. The van der Waals surface area contributed by atoms with Gasteiger partial charge in [-0.25, -0.2) is 0 Å². The zero-order valence-electron chi connectivity index (χ0n) is 31.5. The summed E-state index contributed by atoms with van der Waals surface area (Å²) in [6, 6.07) is 78.1. The van der Waals surface area contributed by atoms with Gasteiger partial charge in [-0.2, -0.15) is 5.26 Å². The minimum Gasteiger partial charge on any atom is -0.309 e. The second-order valence-corrected chi connectivity index (χ2v) is 14.8. The van der Waals surface area contributed by atoms with Crippen molar-refractivity contribution >= 4 is 43.6 Å². The van der Waals surface area contributed by atoms with Gasteiger partial charge < -0.3 is 9.13 Å². The average molecular weight is 738 g/mol. The summed E-state index contributed by atoms with van der Waals surface area (Å²) < 4.78 is 4.80. The van der Waals surface area contributed by atoms with Crippen LogP contribution in [0, 0.1) is 11.3 Å². The van der Waals surface area contributed by atoms with E-state index in [0.717, 1.165) is 44.7 Å². The lowest BCUT2D eigenvalue weighted by Crippen LogP contribution is -1.98. The van der Waals surface area contributed by atoms with Crippen molar-refractivity contribution in [2.75, 3.05) is 0 Å². The number of nitriles is 1. The van der Waals surface area contributed by atoms with E-state index < -0.39 is 0 Å². The molecule has 0 bridgehead atoms. The summed E-state index contributed by atoms with van der Waals surface area (Å²) in [6.45, 7) is 0. The van der Waals surface area contributed by atoms with Crippen molar-refractivity contribution < 1.29 is 0 Å². The van der Waals surface area contributed by atoms with Crippen molar-refractivity contribution in [3.05, 3.63) is 218 Å². The highest BCUT2D eigenvalue weighted by molar-refractivity contribution is 6.17. The predicted octanol–water partition coefficient (Wildman–Crippen LogP) is 14.4. The fourth-order valence-electron chi connectivity index (χ4n) is 8.87. The van der Waals surface area contributed by atoms with E-state index in [-0.39, 0.29) is 0 Å². The first-order valence-electron chi connectivity index (χ1n) is 19.7. The summed E-state index contributed by atoms with van der Waals surface area (Å²) in [5.74, 6) is 0. The monoisotopic (exact) mass is 737 g/mol. The van der Waals surface area contributed by atoms with Crippen LogP contribution in [0.15, 0.2) is 212 Å². The first-order valence-corrected chi connectivity index (χ1v) is 19.7. The standard InChI is InChI=1S/C55H35N3/c56-36-37-23-25-40(26-24-37)47-33-41(38-13-4-1-5-14-38)27-30-51(47)58-50-21-11-10-19-46(50)48-34-42(28-31-52(48)58)43-29-32-53-49(35-43)55-45(39-15-6-2-7-16-39)20-12-22-54(55)57(53)44-17-8-3-9-18-44/h1-35H. The Morgan fingerprint density at radius 1 is 0.328 bits per heavy atom. The number of hydrogen-bond donors (Lipinski definition) is 0. The van der Waals surface area contributed by atoms with Crippen LogP contribution in [0.4, 0.5) is 0 Å². The van der Waals surface area contributed by atoms with Crippen molar-refractivity contribution in [1.82, 2.24) is 9.13 Å². The van der Waals surface area contributed by atoms with Gasteiger partial charge in [0.25, 0.3) is 0 Å². The average Bonchev–Trinajstić information content (AvgIpc) is 3.82. The Morgan fingerprint density at radius 3 is 1.59 bits per heavy atom. The normalized spacial score (nSPS) is 11.4. The van der Waals surface area contributed by atoms with E-state index in [4.69, 9.17) is 0 Å². The Morgan fingerprint density at radius 2 is 0.862 bits per heavy atom. The molecule has 3 heteroatoms. The first kappa shape index (κ1) is 33.4. The highest BCUT2D eigenvalue weighted by Crippen LogP contribution is 2.42. The summed E-state index contributed by atoms with van der Waals surface area (Å²) in [5, 5.41) is 14.5. The molecule has 0 atom stereocenters. The third-order valence-corrected chi connectivity index (χ3v) is 11.6. The molecule has 9 aromatic carbocycles. The van der Waals surface area contributed by atoms with Crippen molar-refractivity contribution in [2.45, 2.75) is 0 Å². The molecule has 0 aliphatic carbocycles. The Hall–Kier alpha value is -7.93. The molecule has 58 heavy (non-hydrogen) atoms. The van der Waals surface area contributed by atoms with E-state index in [1.807, 2.05) is 12.1 Å². The smallest absolute Gasteiger partial charge is 0.0991 e. The second kappa shape index (κ2) is 13.7. The molecular formula is C55H35N3. The van der Waals surface area contributed by atoms with Crippen molar-refractivity contribution in [3.63, 3.8) is 0 Å². The van der Waals surface area contributed by atoms with Crippen LogP contribution in [0.3, 0.4) is 0 Å². The van der Waals surface area contributed by atoms with E-state index in [1.165, 1.54) is 54.8 Å². The number of rotatable bonds is 6. The number of benzene rings is 9. The van der Waals surface area contributed by atoms with Gasteiger partial charge in [-0.15, -0.1) is 0 Å². The van der Waals surface area contributed by atoms with E-state index in [1.54, 1.807) is 0 Å². The Balaban J connectivity index is 1.12. The van der Waals surface area contributed by atoms with Crippen molar-refractivity contribution in [3.8, 4) is 62.0 Å². The van der Waals surface area contributed by atoms with E-state index >= 15 is 0 Å². The molecule has 0 spiro atoms. The maximum absolute atomic E-state index is 9.59. The topological polar surface area (TPSA) is 33.6 Å². The molecule has 0 N–H and O–H groups in total. The molecule has 0 saturated carbocycles. The summed E-state index contributed by atoms with van der Waals surface area (Å²) in [4.78, 5) is 0. The van der Waals surface area contributed by atoms with Crippen LogP contribution in [0.1, 0.15) is 5.56 Å². The molecule has 2 heterocycles. The van der Waals surface area contributed by atoms with Crippen LogP contribution in [0.5, 0.6) is 0 Å². The van der Waals surface area contributed by atoms with Gasteiger partial charge in [0.1, 0.15) is 0 Å². The van der Waals surface area contributed by atoms with Gasteiger partial charge in [-0.05, 0) is 112 Å². The molecule has 0 aliphatic rings. The molecule has 0 aliphatic heterocycles. The van der Waals surface area contributed by atoms with Crippen LogP contribution in [0.2, 0.25) is 0 Å². The van der Waals surface area contributed by atoms with Crippen molar-refractivity contribution in [1.29, 1.82) is 5.26 Å². The molecule has 3 nitrogen and oxygen atoms in total. The summed E-state index contributed by atoms with van der Waals surface area (Å²) in [6.07, 6.45) is 0. The lowest BCUT2D eigenvalue weighted by molar-refractivity contribution is 1.18. The number of nitrogens with zero attached hydrogens (tertiary/aromatic N) is 3. The molecule has 11 rings (SSSR count). The fourth-order valence-corrected chi connectivity index (χ4v) is 8.87. The van der Waals surface area contributed by atoms with Gasteiger partial charge in [0.2, 0.25) is 0 Å². The number of fused-ring (bicyclic) bond motifs is 6. The van der Waals surface area contributed by atoms with Gasteiger partial charge >= 0.3 is 0 Å². The van der Waals surface area contributed by atoms with Crippen LogP contribution in [0.25, 0.3) is 99.5 Å². The van der Waals surface area contributed by atoms with Crippen molar-refractivity contribution in [2.24, 2.45) is 0 Å². The highest BCUT2D eigenvalue weighted by Gasteiger charge is 2.20. The zero-order chi connectivity index (χ0) is 38.6. The van der Waals surface area contributed by atoms with Gasteiger partial charge in [0.15, 0.2) is 0 Å². The molecule has 0 fully saturated rings. The predicted molar refractivity (Wildman–Crippen MR) is 242 cm³/mol. The van der Waals surface area contributed by atoms with Gasteiger partial charge in [0.05, 0.1) is 39.4 Å². The van der Waals surface area contributed by atoms with Gasteiger partial charge in [-0.3, -0.25) is 0 Å². The maximum atomic E-state index is 9.59. The number of aromatic nitrogens is 2. The van der Waals surface area contributed by atoms with E-state index in [0.29, 0.717) is 5.56 Å². The quantitative estimate of drug-likeness (QED) is 0.167. The lowest BCUT2D eigenvalue weighted by atomic mass is 9.96. The largest absolute Gasteiger partial charge is 0.309 e. The summed E-state index contributed by atoms with van der Waals surface area (Å²) >= 11 is 0. The molecule has 11 aromatic rings. The first-order chi connectivity index (χ1) is 28.7. The van der Waals surface area contributed by atoms with Crippen LogP contribution >= 0.6 is 0 Å². The second-order valence-electron chi connectivity index (χ2n) is 14.8. The summed E-state index contributed by atoms with van der Waals surface area (Å²) in [7, 11) is 0. The minimum atomic E-state index is 0.646. The van der Waals surface area contributed by atoms with Crippen LogP contribution < -0.4 is 0 Å². The minimum absolute atomic E-state index is 0.646. The highest BCUT2D eigenvalue weighted by atomic mass is 15.0. The molecule has 2 aromatic heterocycles. The Labute approximate surface area is 336 Å².